The Morgan fingerprint density at radius 1 is 1.19 bits per heavy atom. The minimum Gasteiger partial charge on any atom is -0.337 e. The third kappa shape index (κ3) is 2.65. The largest absolute Gasteiger partial charge is 0.337 e. The first-order valence-corrected chi connectivity index (χ1v) is 9.12. The molecule has 2 aliphatic heterocycles. The van der Waals surface area contributed by atoms with Crippen molar-refractivity contribution in [1.29, 1.82) is 0 Å². The van der Waals surface area contributed by atoms with E-state index >= 15 is 0 Å². The number of imidazole rings is 1. The van der Waals surface area contributed by atoms with Gasteiger partial charge in [-0.2, -0.15) is 5.10 Å². The average molecular weight is 365 g/mol. The summed E-state index contributed by atoms with van der Waals surface area (Å²) in [4.78, 5) is 19.2. The second kappa shape index (κ2) is 5.77. The van der Waals surface area contributed by atoms with Crippen molar-refractivity contribution in [3.8, 4) is 11.3 Å². The molecule has 6 nitrogen and oxygen atoms in total. The van der Waals surface area contributed by atoms with E-state index in [9.17, 15) is 9.18 Å². The Balaban J connectivity index is 1.37. The van der Waals surface area contributed by atoms with Crippen LogP contribution in [-0.2, 0) is 20.0 Å². The summed E-state index contributed by atoms with van der Waals surface area (Å²) in [7, 11) is 1.81. The molecule has 3 aromatic rings. The number of rotatable bonds is 2. The number of aryl methyl sites for hydroxylation is 1. The van der Waals surface area contributed by atoms with Crippen LogP contribution in [0.25, 0.3) is 11.3 Å². The van der Waals surface area contributed by atoms with Crippen molar-refractivity contribution in [3.05, 3.63) is 60.1 Å². The van der Waals surface area contributed by atoms with Crippen LogP contribution in [0.2, 0.25) is 0 Å². The van der Waals surface area contributed by atoms with Crippen molar-refractivity contribution in [2.45, 2.75) is 19.4 Å². The molecule has 1 aromatic carbocycles. The first kappa shape index (κ1) is 16.2. The Kier molecular flexibility index (Phi) is 3.47. The maximum atomic E-state index is 13.2. The molecule has 138 valence electrons. The quantitative estimate of drug-likeness (QED) is 0.701. The molecule has 4 heterocycles. The zero-order valence-corrected chi connectivity index (χ0v) is 15.1. The van der Waals surface area contributed by atoms with E-state index in [0.717, 1.165) is 43.0 Å². The normalized spacial score (nSPS) is 21.2. The zero-order chi connectivity index (χ0) is 18.6. The number of nitrogens with zero attached hydrogens (tertiary/aromatic N) is 5. The minimum absolute atomic E-state index is 0.00391. The lowest BCUT2D eigenvalue weighted by molar-refractivity contribution is 0.0765. The maximum absolute atomic E-state index is 13.2. The van der Waals surface area contributed by atoms with Crippen LogP contribution >= 0.6 is 0 Å². The predicted octanol–water partition coefficient (Wildman–Crippen LogP) is 2.51. The van der Waals surface area contributed by atoms with Gasteiger partial charge in [-0.05, 0) is 42.3 Å². The number of carbonyl (C=O) groups is 1. The number of benzene rings is 1. The SMILES string of the molecule is Cn1ccc(C(=O)N2CC[C@]3(Cc4ncc(-c5ccc(F)cc5)n4C3)C2)n1. The number of hydrogen-bond acceptors (Lipinski definition) is 3. The molecule has 5 rings (SSSR count). The van der Waals surface area contributed by atoms with Crippen molar-refractivity contribution < 1.29 is 9.18 Å². The first-order chi connectivity index (χ1) is 13.0. The van der Waals surface area contributed by atoms with Gasteiger partial charge in [-0.1, -0.05) is 0 Å². The van der Waals surface area contributed by atoms with E-state index < -0.39 is 0 Å². The minimum atomic E-state index is -0.240. The highest BCUT2D eigenvalue weighted by molar-refractivity contribution is 5.92. The van der Waals surface area contributed by atoms with Gasteiger partial charge in [-0.15, -0.1) is 0 Å². The second-order valence-electron chi connectivity index (χ2n) is 7.68. The van der Waals surface area contributed by atoms with E-state index in [1.807, 2.05) is 18.1 Å². The highest BCUT2D eigenvalue weighted by Crippen LogP contribution is 2.42. The molecule has 0 bridgehead atoms. The van der Waals surface area contributed by atoms with Gasteiger partial charge in [0.25, 0.3) is 5.91 Å². The van der Waals surface area contributed by atoms with Gasteiger partial charge in [0.15, 0.2) is 0 Å². The molecule has 1 fully saturated rings. The monoisotopic (exact) mass is 365 g/mol. The van der Waals surface area contributed by atoms with Crippen molar-refractivity contribution in [1.82, 2.24) is 24.2 Å². The molecule has 0 aliphatic carbocycles. The molecule has 0 radical (unpaired) electrons. The third-order valence-corrected chi connectivity index (χ3v) is 5.76. The van der Waals surface area contributed by atoms with Gasteiger partial charge in [-0.25, -0.2) is 9.37 Å². The van der Waals surface area contributed by atoms with Crippen LogP contribution in [-0.4, -0.2) is 43.2 Å². The van der Waals surface area contributed by atoms with Crippen molar-refractivity contribution in [3.63, 3.8) is 0 Å². The second-order valence-corrected chi connectivity index (χ2v) is 7.68. The maximum Gasteiger partial charge on any atom is 0.274 e. The number of amides is 1. The van der Waals surface area contributed by atoms with Crippen LogP contribution in [0, 0.1) is 11.2 Å². The summed E-state index contributed by atoms with van der Waals surface area (Å²) in [6.45, 7) is 2.29. The van der Waals surface area contributed by atoms with Crippen LogP contribution in [0.3, 0.4) is 0 Å². The molecule has 0 unspecified atom stereocenters. The van der Waals surface area contributed by atoms with E-state index in [2.05, 4.69) is 14.6 Å². The lowest BCUT2D eigenvalue weighted by Gasteiger charge is -2.23. The topological polar surface area (TPSA) is 56.0 Å². The van der Waals surface area contributed by atoms with Crippen LogP contribution < -0.4 is 0 Å². The van der Waals surface area contributed by atoms with Crippen LogP contribution in [0.1, 0.15) is 22.7 Å². The van der Waals surface area contributed by atoms with Gasteiger partial charge >= 0.3 is 0 Å². The van der Waals surface area contributed by atoms with Gasteiger partial charge in [0.2, 0.25) is 0 Å². The molecule has 1 amide bonds. The number of aromatic nitrogens is 4. The van der Waals surface area contributed by atoms with E-state index in [0.29, 0.717) is 12.2 Å². The number of halogens is 1. The number of fused-ring (bicyclic) bond motifs is 1. The van der Waals surface area contributed by atoms with Crippen molar-refractivity contribution in [2.75, 3.05) is 13.1 Å². The van der Waals surface area contributed by atoms with Crippen LogP contribution in [0.4, 0.5) is 4.39 Å². The number of hydrogen-bond donors (Lipinski definition) is 0. The summed E-state index contributed by atoms with van der Waals surface area (Å²) in [6, 6.07) is 8.29. The summed E-state index contributed by atoms with van der Waals surface area (Å²) in [6.07, 6.45) is 5.47. The van der Waals surface area contributed by atoms with E-state index in [1.54, 1.807) is 29.1 Å². The summed E-state index contributed by atoms with van der Waals surface area (Å²) < 4.78 is 17.1. The van der Waals surface area contributed by atoms with Crippen LogP contribution in [0.15, 0.2) is 42.7 Å². The van der Waals surface area contributed by atoms with Gasteiger partial charge in [0.1, 0.15) is 17.3 Å². The van der Waals surface area contributed by atoms with Gasteiger partial charge in [0, 0.05) is 44.7 Å². The molecule has 0 N–H and O–H groups in total. The highest BCUT2D eigenvalue weighted by Gasteiger charge is 2.46. The highest BCUT2D eigenvalue weighted by atomic mass is 19.1. The van der Waals surface area contributed by atoms with Crippen molar-refractivity contribution in [2.24, 2.45) is 12.5 Å². The van der Waals surface area contributed by atoms with E-state index in [4.69, 9.17) is 0 Å². The summed E-state index contributed by atoms with van der Waals surface area (Å²) in [5.74, 6) is 0.799. The average Bonchev–Trinajstić information content (AvgIpc) is 3.41. The summed E-state index contributed by atoms with van der Waals surface area (Å²) >= 11 is 0. The molecule has 2 aliphatic rings. The molecular formula is C20H20FN5O. The fraction of sp³-hybridized carbons (Fsp3) is 0.350. The van der Waals surface area contributed by atoms with Crippen LogP contribution in [0.5, 0.6) is 0 Å². The smallest absolute Gasteiger partial charge is 0.274 e. The standard InChI is InChI=1S/C20H20FN5O/c1-24-8-6-16(23-24)19(27)25-9-7-20(12-25)10-18-22-11-17(26(18)13-20)14-2-4-15(21)5-3-14/h2-6,8,11H,7,9-10,12-13H2,1H3/t20-/m0/s1. The summed E-state index contributed by atoms with van der Waals surface area (Å²) in [5, 5.41) is 4.24. The fourth-order valence-electron chi connectivity index (χ4n) is 4.38. The summed E-state index contributed by atoms with van der Waals surface area (Å²) in [5.41, 5.74) is 2.50. The molecule has 7 heteroatoms. The fourth-order valence-corrected chi connectivity index (χ4v) is 4.38. The van der Waals surface area contributed by atoms with Gasteiger partial charge in [-0.3, -0.25) is 9.48 Å². The lowest BCUT2D eigenvalue weighted by atomic mass is 9.86. The third-order valence-electron chi connectivity index (χ3n) is 5.76. The molecule has 2 aromatic heterocycles. The lowest BCUT2D eigenvalue weighted by Crippen LogP contribution is -2.33. The van der Waals surface area contributed by atoms with Crippen molar-refractivity contribution >= 4 is 5.91 Å². The Hall–Kier alpha value is -2.96. The molecule has 1 spiro atoms. The molecule has 0 saturated carbocycles. The van der Waals surface area contributed by atoms with Gasteiger partial charge < -0.3 is 9.47 Å². The number of carbonyl (C=O) groups excluding carboxylic acids is 1. The number of likely N-dealkylation sites (tertiary alicyclic amines) is 1. The Labute approximate surface area is 156 Å². The zero-order valence-electron chi connectivity index (χ0n) is 15.1. The van der Waals surface area contributed by atoms with Gasteiger partial charge in [0.05, 0.1) is 11.9 Å². The molecule has 1 atom stereocenters. The molecule has 27 heavy (non-hydrogen) atoms. The Bertz CT molecular complexity index is 1020. The van der Waals surface area contributed by atoms with E-state index in [1.165, 1.54) is 12.1 Å². The Morgan fingerprint density at radius 3 is 2.74 bits per heavy atom. The first-order valence-electron chi connectivity index (χ1n) is 9.12. The Morgan fingerprint density at radius 2 is 2.00 bits per heavy atom. The predicted molar refractivity (Wildman–Crippen MR) is 97.5 cm³/mol. The van der Waals surface area contributed by atoms with E-state index in [-0.39, 0.29) is 17.1 Å². The molecule has 1 saturated heterocycles. The molecular weight excluding hydrogens is 345 g/mol.